The molecule has 0 saturated carbocycles. The van der Waals surface area contributed by atoms with Crippen LogP contribution in [0, 0.1) is 0 Å². The van der Waals surface area contributed by atoms with Gasteiger partial charge in [0.1, 0.15) is 4.60 Å². The van der Waals surface area contributed by atoms with Crippen molar-refractivity contribution >= 4 is 32.8 Å². The normalized spacial score (nSPS) is 10.0. The van der Waals surface area contributed by atoms with Gasteiger partial charge in [0.15, 0.2) is 5.12 Å². The molecule has 0 amide bonds. The average molecular weight is 261 g/mol. The van der Waals surface area contributed by atoms with Crippen molar-refractivity contribution in [2.45, 2.75) is 13.3 Å². The molecular formula is C8H9BrN2OS. The van der Waals surface area contributed by atoms with Gasteiger partial charge < -0.3 is 0 Å². The number of hydrogen-bond acceptors (Lipinski definition) is 4. The first-order valence-corrected chi connectivity index (χ1v) is 5.57. The third-order valence-electron chi connectivity index (χ3n) is 1.37. The second-order valence-corrected chi connectivity index (χ2v) is 4.41. The van der Waals surface area contributed by atoms with E-state index in [2.05, 4.69) is 25.9 Å². The van der Waals surface area contributed by atoms with E-state index < -0.39 is 0 Å². The molecule has 1 heterocycles. The standard InChI is InChI=1S/C8H9BrN2OS/c1-6(12)13-5-2-7-8(9)11-4-3-10-7/h3-4H,2,5H2,1H3. The van der Waals surface area contributed by atoms with Gasteiger partial charge in [-0.3, -0.25) is 9.78 Å². The predicted molar refractivity (Wildman–Crippen MR) is 56.6 cm³/mol. The van der Waals surface area contributed by atoms with Gasteiger partial charge in [0, 0.05) is 31.5 Å². The summed E-state index contributed by atoms with van der Waals surface area (Å²) in [6.07, 6.45) is 4.04. The molecule has 0 bridgehead atoms. The number of halogens is 1. The summed E-state index contributed by atoms with van der Waals surface area (Å²) in [4.78, 5) is 18.8. The Morgan fingerprint density at radius 2 is 2.23 bits per heavy atom. The van der Waals surface area contributed by atoms with Crippen molar-refractivity contribution in [3.05, 3.63) is 22.7 Å². The quantitative estimate of drug-likeness (QED) is 0.835. The second kappa shape index (κ2) is 5.34. The summed E-state index contributed by atoms with van der Waals surface area (Å²) >= 11 is 4.60. The number of carbonyl (C=O) groups excluding carboxylic acids is 1. The molecule has 0 unspecified atom stereocenters. The van der Waals surface area contributed by atoms with Gasteiger partial charge in [0.05, 0.1) is 5.69 Å². The number of aromatic nitrogens is 2. The van der Waals surface area contributed by atoms with Crippen molar-refractivity contribution < 1.29 is 4.79 Å². The maximum atomic E-state index is 10.6. The van der Waals surface area contributed by atoms with Crippen LogP contribution in [-0.2, 0) is 11.2 Å². The Bertz CT molecular complexity index is 306. The minimum atomic E-state index is 0.139. The molecule has 0 aliphatic rings. The predicted octanol–water partition coefficient (Wildman–Crippen LogP) is 2.06. The highest BCUT2D eigenvalue weighted by Gasteiger charge is 2.02. The molecule has 0 aliphatic heterocycles. The molecule has 1 rings (SSSR count). The third-order valence-corrected chi connectivity index (χ3v) is 2.84. The smallest absolute Gasteiger partial charge is 0.185 e. The Morgan fingerprint density at radius 3 is 2.85 bits per heavy atom. The maximum absolute atomic E-state index is 10.6. The highest BCUT2D eigenvalue weighted by molar-refractivity contribution is 9.10. The van der Waals surface area contributed by atoms with Crippen LogP contribution in [-0.4, -0.2) is 20.8 Å². The molecule has 0 spiro atoms. The van der Waals surface area contributed by atoms with Crippen LogP contribution in [0.25, 0.3) is 0 Å². The van der Waals surface area contributed by atoms with E-state index in [1.54, 1.807) is 19.3 Å². The largest absolute Gasteiger partial charge is 0.288 e. The van der Waals surface area contributed by atoms with Gasteiger partial charge in [-0.15, -0.1) is 0 Å². The minimum absolute atomic E-state index is 0.139. The molecule has 1 aromatic heterocycles. The van der Waals surface area contributed by atoms with Crippen LogP contribution in [0.4, 0.5) is 0 Å². The average Bonchev–Trinajstić information content (AvgIpc) is 2.08. The summed E-state index contributed by atoms with van der Waals surface area (Å²) in [7, 11) is 0. The van der Waals surface area contributed by atoms with Crippen LogP contribution in [0.2, 0.25) is 0 Å². The van der Waals surface area contributed by atoms with Crippen molar-refractivity contribution in [2.24, 2.45) is 0 Å². The molecule has 0 radical (unpaired) electrons. The van der Waals surface area contributed by atoms with Gasteiger partial charge in [-0.2, -0.15) is 0 Å². The van der Waals surface area contributed by atoms with E-state index in [9.17, 15) is 4.79 Å². The number of carbonyl (C=O) groups is 1. The topological polar surface area (TPSA) is 42.9 Å². The first-order chi connectivity index (χ1) is 6.20. The third kappa shape index (κ3) is 3.87. The number of nitrogens with zero attached hydrogens (tertiary/aromatic N) is 2. The van der Waals surface area contributed by atoms with E-state index in [-0.39, 0.29) is 5.12 Å². The Kier molecular flexibility index (Phi) is 4.38. The zero-order chi connectivity index (χ0) is 9.68. The van der Waals surface area contributed by atoms with Crippen LogP contribution in [0.1, 0.15) is 12.6 Å². The Labute approximate surface area is 89.5 Å². The summed E-state index contributed by atoms with van der Waals surface area (Å²) in [5.74, 6) is 0.757. The molecule has 0 N–H and O–H groups in total. The Hall–Kier alpha value is -0.420. The summed E-state index contributed by atoms with van der Waals surface area (Å²) in [5.41, 5.74) is 0.899. The lowest BCUT2D eigenvalue weighted by atomic mass is 10.4. The van der Waals surface area contributed by atoms with E-state index in [0.29, 0.717) is 0 Å². The van der Waals surface area contributed by atoms with Gasteiger partial charge >= 0.3 is 0 Å². The molecule has 0 fully saturated rings. The number of aryl methyl sites for hydroxylation is 1. The van der Waals surface area contributed by atoms with Crippen molar-refractivity contribution in [1.82, 2.24) is 9.97 Å². The van der Waals surface area contributed by atoms with Crippen LogP contribution in [0.15, 0.2) is 17.0 Å². The summed E-state index contributed by atoms with van der Waals surface area (Å²) < 4.78 is 0.763. The minimum Gasteiger partial charge on any atom is -0.288 e. The first-order valence-electron chi connectivity index (χ1n) is 3.79. The molecule has 1 aromatic rings. The zero-order valence-electron chi connectivity index (χ0n) is 7.16. The fraction of sp³-hybridized carbons (Fsp3) is 0.375. The molecule has 5 heteroatoms. The van der Waals surface area contributed by atoms with Crippen LogP contribution in [0.3, 0.4) is 0 Å². The maximum Gasteiger partial charge on any atom is 0.185 e. The summed E-state index contributed by atoms with van der Waals surface area (Å²) in [6.45, 7) is 1.57. The summed E-state index contributed by atoms with van der Waals surface area (Å²) in [5, 5.41) is 0.139. The van der Waals surface area contributed by atoms with E-state index in [1.807, 2.05) is 0 Å². The summed E-state index contributed by atoms with van der Waals surface area (Å²) in [6, 6.07) is 0. The first kappa shape index (κ1) is 10.7. The number of hydrogen-bond donors (Lipinski definition) is 0. The fourth-order valence-electron chi connectivity index (χ4n) is 0.809. The van der Waals surface area contributed by atoms with E-state index in [4.69, 9.17) is 0 Å². The van der Waals surface area contributed by atoms with E-state index in [0.717, 1.165) is 22.5 Å². The van der Waals surface area contributed by atoms with Gasteiger partial charge in [0.2, 0.25) is 0 Å². The molecule has 0 atom stereocenters. The monoisotopic (exact) mass is 260 g/mol. The zero-order valence-corrected chi connectivity index (χ0v) is 9.56. The van der Waals surface area contributed by atoms with Crippen molar-refractivity contribution in [1.29, 1.82) is 0 Å². The molecule has 3 nitrogen and oxygen atoms in total. The highest BCUT2D eigenvalue weighted by atomic mass is 79.9. The molecule has 0 aliphatic carbocycles. The fourth-order valence-corrected chi connectivity index (χ4v) is 1.81. The van der Waals surface area contributed by atoms with Gasteiger partial charge in [-0.05, 0) is 15.9 Å². The van der Waals surface area contributed by atoms with Crippen LogP contribution >= 0.6 is 27.7 Å². The highest BCUT2D eigenvalue weighted by Crippen LogP contribution is 2.12. The molecule has 70 valence electrons. The lowest BCUT2D eigenvalue weighted by Crippen LogP contribution is -1.97. The lowest BCUT2D eigenvalue weighted by molar-refractivity contribution is -0.109. The van der Waals surface area contributed by atoms with Gasteiger partial charge in [-0.1, -0.05) is 11.8 Å². The van der Waals surface area contributed by atoms with Crippen LogP contribution < -0.4 is 0 Å². The van der Waals surface area contributed by atoms with Crippen molar-refractivity contribution in [3.8, 4) is 0 Å². The molecular weight excluding hydrogens is 252 g/mol. The SMILES string of the molecule is CC(=O)SCCc1nccnc1Br. The van der Waals surface area contributed by atoms with Crippen LogP contribution in [0.5, 0.6) is 0 Å². The molecule has 0 saturated heterocycles. The molecule has 0 aromatic carbocycles. The Morgan fingerprint density at radius 1 is 1.54 bits per heavy atom. The lowest BCUT2D eigenvalue weighted by Gasteiger charge is -1.99. The van der Waals surface area contributed by atoms with Gasteiger partial charge in [-0.25, -0.2) is 4.98 Å². The number of thioether (sulfide) groups is 1. The van der Waals surface area contributed by atoms with Crippen molar-refractivity contribution in [3.63, 3.8) is 0 Å². The number of rotatable bonds is 3. The second-order valence-electron chi connectivity index (χ2n) is 2.38. The van der Waals surface area contributed by atoms with Crippen molar-refractivity contribution in [2.75, 3.05) is 5.75 Å². The Balaban J connectivity index is 2.45. The van der Waals surface area contributed by atoms with Gasteiger partial charge in [0.25, 0.3) is 0 Å². The van der Waals surface area contributed by atoms with E-state index in [1.165, 1.54) is 11.8 Å². The molecule has 13 heavy (non-hydrogen) atoms. The van der Waals surface area contributed by atoms with E-state index >= 15 is 0 Å².